The smallest absolute Gasteiger partial charge is 0.273 e. The molecular formula is C21H23F2NO3. The van der Waals surface area contributed by atoms with Gasteiger partial charge in [-0.2, -0.15) is 8.78 Å². The van der Waals surface area contributed by atoms with Gasteiger partial charge in [-0.25, -0.2) is 0 Å². The lowest BCUT2D eigenvalue weighted by molar-refractivity contribution is -0.175. The first-order valence-corrected chi connectivity index (χ1v) is 9.98. The lowest BCUT2D eigenvalue weighted by Gasteiger charge is -2.63. The highest BCUT2D eigenvalue weighted by Crippen LogP contribution is 2.66. The molecule has 2 heterocycles. The Bertz CT molecular complexity index is 878. The molecule has 3 fully saturated rings. The number of rotatable bonds is 2. The minimum absolute atomic E-state index is 0.00230. The van der Waals surface area contributed by atoms with Crippen molar-refractivity contribution >= 4 is 0 Å². The fraction of sp³-hybridized carbons (Fsp3) is 0.619. The van der Waals surface area contributed by atoms with E-state index in [4.69, 9.17) is 4.74 Å². The number of aromatic hydroxyl groups is 1. The number of phenolic OH excluding ortho intramolecular Hbond substituents is 1. The number of piperidine rings is 1. The van der Waals surface area contributed by atoms with Crippen LogP contribution in [0, 0.1) is 5.92 Å². The van der Waals surface area contributed by atoms with Crippen molar-refractivity contribution in [3.05, 3.63) is 34.9 Å². The van der Waals surface area contributed by atoms with Gasteiger partial charge in [0, 0.05) is 23.7 Å². The van der Waals surface area contributed by atoms with Crippen molar-refractivity contribution in [3.63, 3.8) is 0 Å². The molecule has 0 radical (unpaired) electrons. The first-order chi connectivity index (χ1) is 13.0. The third kappa shape index (κ3) is 1.84. The molecule has 2 N–H and O–H groups in total. The minimum atomic E-state index is -1.70. The second kappa shape index (κ2) is 5.03. The number of aliphatic hydroxyl groups is 1. The second-order valence-electron chi connectivity index (χ2n) is 9.04. The molecule has 2 aliphatic heterocycles. The maximum absolute atomic E-state index is 13.8. The van der Waals surface area contributed by atoms with Gasteiger partial charge >= 0.3 is 0 Å². The first kappa shape index (κ1) is 16.3. The summed E-state index contributed by atoms with van der Waals surface area (Å²) in [4.78, 5) is 2.40. The Labute approximate surface area is 156 Å². The Morgan fingerprint density at radius 2 is 2.07 bits per heavy atom. The second-order valence-corrected chi connectivity index (χ2v) is 9.04. The van der Waals surface area contributed by atoms with Crippen molar-refractivity contribution < 1.29 is 23.7 Å². The number of hydrogen-bond donors (Lipinski definition) is 2. The summed E-state index contributed by atoms with van der Waals surface area (Å²) in [5.41, 5.74) is -0.166. The molecule has 144 valence electrons. The summed E-state index contributed by atoms with van der Waals surface area (Å²) >= 11 is 0. The number of likely N-dealkylation sites (tertiary alicyclic amines) is 1. The van der Waals surface area contributed by atoms with E-state index in [1.54, 1.807) is 6.07 Å². The van der Waals surface area contributed by atoms with Crippen molar-refractivity contribution in [1.29, 1.82) is 0 Å². The highest BCUT2D eigenvalue weighted by atomic mass is 19.3. The van der Waals surface area contributed by atoms with Gasteiger partial charge in [0.15, 0.2) is 11.5 Å². The van der Waals surface area contributed by atoms with Gasteiger partial charge < -0.3 is 14.9 Å². The van der Waals surface area contributed by atoms with Crippen LogP contribution >= 0.6 is 0 Å². The summed E-state index contributed by atoms with van der Waals surface area (Å²) in [6.07, 6.45) is 1.63. The molecule has 0 aromatic heterocycles. The lowest BCUT2D eigenvalue weighted by Crippen LogP contribution is -2.75. The highest BCUT2D eigenvalue weighted by molar-refractivity contribution is 5.64. The molecule has 27 heavy (non-hydrogen) atoms. The number of halogens is 2. The summed E-state index contributed by atoms with van der Waals surface area (Å²) in [6.45, 7) is 1.76. The highest BCUT2D eigenvalue weighted by Gasteiger charge is 2.72. The molecule has 4 atom stereocenters. The molecular weight excluding hydrogens is 352 g/mol. The van der Waals surface area contributed by atoms with E-state index in [2.05, 4.69) is 4.90 Å². The standard InChI is InChI=1S/C21H23F2NO3/c22-19(23)13-5-6-21(26)15-9-12-3-4-14(25)17-16(12)20(21,18(13)27-17)7-8-24(15)10-11-1-2-11/h3-4,11,15,18,25-26H,1-2,5-10H2/t15-,18+,20+,21-/m1/s1. The van der Waals surface area contributed by atoms with Crippen LogP contribution < -0.4 is 4.74 Å². The number of nitrogens with zero attached hydrogens (tertiary/aromatic N) is 1. The molecule has 6 rings (SSSR count). The SMILES string of the molecule is Oc1ccc2c3c1O[C@H]1C(=C(F)F)CC[C@@]4(O)[C@@H](C2)N(CC2CC2)CC[C@]314. The van der Waals surface area contributed by atoms with E-state index in [-0.39, 0.29) is 23.8 Å². The average Bonchev–Trinajstić information content (AvgIpc) is 3.36. The van der Waals surface area contributed by atoms with Crippen LogP contribution in [0.2, 0.25) is 0 Å². The van der Waals surface area contributed by atoms with E-state index in [1.807, 2.05) is 6.07 Å². The van der Waals surface area contributed by atoms with Gasteiger partial charge in [0.25, 0.3) is 6.08 Å². The van der Waals surface area contributed by atoms with Crippen LogP contribution in [0.5, 0.6) is 11.5 Å². The Hall–Kier alpha value is -1.66. The number of benzene rings is 1. The molecule has 2 bridgehead atoms. The molecule has 6 heteroatoms. The Morgan fingerprint density at radius 3 is 2.81 bits per heavy atom. The van der Waals surface area contributed by atoms with Gasteiger partial charge in [0.2, 0.25) is 0 Å². The Balaban J connectivity index is 1.58. The van der Waals surface area contributed by atoms with Gasteiger partial charge in [0.05, 0.1) is 11.0 Å². The Kier molecular flexibility index (Phi) is 3.04. The van der Waals surface area contributed by atoms with Crippen LogP contribution in [0.1, 0.15) is 43.2 Å². The molecule has 4 nitrogen and oxygen atoms in total. The zero-order chi connectivity index (χ0) is 18.6. The average molecular weight is 375 g/mol. The predicted molar refractivity (Wildman–Crippen MR) is 94.0 cm³/mol. The molecule has 1 spiro atoms. The quantitative estimate of drug-likeness (QED) is 0.834. The molecule has 2 saturated carbocycles. The van der Waals surface area contributed by atoms with Crippen molar-refractivity contribution in [1.82, 2.24) is 4.90 Å². The van der Waals surface area contributed by atoms with Crippen LogP contribution in [-0.2, 0) is 11.8 Å². The maximum Gasteiger partial charge on any atom is 0.273 e. The summed E-state index contributed by atoms with van der Waals surface area (Å²) in [6, 6.07) is 3.41. The molecule has 5 aliphatic rings. The lowest BCUT2D eigenvalue weighted by atomic mass is 9.48. The molecule has 1 aromatic rings. The summed E-state index contributed by atoms with van der Waals surface area (Å²) in [7, 11) is 0. The molecule has 1 saturated heterocycles. The van der Waals surface area contributed by atoms with E-state index < -0.39 is 23.2 Å². The summed E-state index contributed by atoms with van der Waals surface area (Å²) in [5, 5.41) is 22.4. The molecule has 1 aromatic carbocycles. The zero-order valence-electron chi connectivity index (χ0n) is 15.0. The Morgan fingerprint density at radius 1 is 1.26 bits per heavy atom. The van der Waals surface area contributed by atoms with E-state index in [9.17, 15) is 19.0 Å². The van der Waals surface area contributed by atoms with Gasteiger partial charge in [-0.15, -0.1) is 0 Å². The molecule has 0 amide bonds. The van der Waals surface area contributed by atoms with Crippen LogP contribution in [0.4, 0.5) is 8.78 Å². The van der Waals surface area contributed by atoms with Crippen molar-refractivity contribution in [2.75, 3.05) is 13.1 Å². The first-order valence-electron chi connectivity index (χ1n) is 9.98. The fourth-order valence-corrected chi connectivity index (χ4v) is 6.50. The van der Waals surface area contributed by atoms with Crippen LogP contribution in [0.25, 0.3) is 0 Å². The van der Waals surface area contributed by atoms with E-state index in [1.165, 1.54) is 12.8 Å². The van der Waals surface area contributed by atoms with Crippen LogP contribution in [0.15, 0.2) is 23.8 Å². The normalized spacial score (nSPS) is 39.1. The monoisotopic (exact) mass is 375 g/mol. The largest absolute Gasteiger partial charge is 0.504 e. The molecule has 0 unspecified atom stereocenters. The van der Waals surface area contributed by atoms with Crippen LogP contribution in [-0.4, -0.2) is 45.9 Å². The number of hydrogen-bond acceptors (Lipinski definition) is 4. The molecule has 3 aliphatic carbocycles. The topological polar surface area (TPSA) is 52.9 Å². The van der Waals surface area contributed by atoms with Crippen LogP contribution in [0.3, 0.4) is 0 Å². The van der Waals surface area contributed by atoms with Gasteiger partial charge in [-0.05, 0) is 62.6 Å². The third-order valence-corrected chi connectivity index (χ3v) is 7.85. The van der Waals surface area contributed by atoms with E-state index in [0.29, 0.717) is 30.9 Å². The van der Waals surface area contributed by atoms with Gasteiger partial charge in [-0.1, -0.05) is 6.07 Å². The summed E-state index contributed by atoms with van der Waals surface area (Å²) in [5.74, 6) is 1.00. The maximum atomic E-state index is 13.8. The number of phenols is 1. The number of ether oxygens (including phenoxy) is 1. The van der Waals surface area contributed by atoms with Crippen molar-refractivity contribution in [3.8, 4) is 11.5 Å². The van der Waals surface area contributed by atoms with E-state index >= 15 is 0 Å². The fourth-order valence-electron chi connectivity index (χ4n) is 6.50. The van der Waals surface area contributed by atoms with E-state index in [0.717, 1.165) is 24.2 Å². The zero-order valence-corrected chi connectivity index (χ0v) is 15.0. The third-order valence-electron chi connectivity index (χ3n) is 7.85. The van der Waals surface area contributed by atoms with Crippen molar-refractivity contribution in [2.24, 2.45) is 5.92 Å². The minimum Gasteiger partial charge on any atom is -0.504 e. The van der Waals surface area contributed by atoms with Gasteiger partial charge in [-0.3, -0.25) is 4.90 Å². The van der Waals surface area contributed by atoms with Crippen molar-refractivity contribution in [2.45, 2.75) is 61.7 Å². The van der Waals surface area contributed by atoms with Gasteiger partial charge in [0.1, 0.15) is 6.10 Å². The predicted octanol–water partition coefficient (Wildman–Crippen LogP) is 3.11. The summed E-state index contributed by atoms with van der Waals surface area (Å²) < 4.78 is 33.6.